The minimum Gasteiger partial charge on any atom is -0.483 e. The summed E-state index contributed by atoms with van der Waals surface area (Å²) in [4.78, 5) is 23.0. The number of carbonyl (C=O) groups is 2. The molecule has 0 spiro atoms. The first-order valence-electron chi connectivity index (χ1n) is 7.00. The predicted octanol–water partition coefficient (Wildman–Crippen LogP) is 1.27. The molecular formula is C16H19N3O4. The number of hydrazine groups is 1. The summed E-state index contributed by atoms with van der Waals surface area (Å²) in [7, 11) is 0. The number of benzene rings is 1. The Balaban J connectivity index is 2.49. The van der Waals surface area contributed by atoms with Crippen molar-refractivity contribution in [1.82, 2.24) is 10.9 Å². The molecule has 0 atom stereocenters. The van der Waals surface area contributed by atoms with Gasteiger partial charge in [0.2, 0.25) is 0 Å². The van der Waals surface area contributed by atoms with Crippen molar-refractivity contribution in [2.75, 3.05) is 13.2 Å². The summed E-state index contributed by atoms with van der Waals surface area (Å²) in [6, 6.07) is 7.36. The van der Waals surface area contributed by atoms with Gasteiger partial charge in [-0.25, -0.2) is 4.79 Å². The Bertz CT molecular complexity index is 627. The number of amides is 1. The summed E-state index contributed by atoms with van der Waals surface area (Å²) < 4.78 is 10.1. The van der Waals surface area contributed by atoms with Gasteiger partial charge in [0.25, 0.3) is 5.91 Å². The van der Waals surface area contributed by atoms with Crippen LogP contribution in [-0.2, 0) is 14.3 Å². The molecule has 0 saturated heterocycles. The maximum atomic E-state index is 11.7. The third kappa shape index (κ3) is 5.71. The Hall–Kier alpha value is -3.01. The lowest BCUT2D eigenvalue weighted by atomic mass is 10.1. The van der Waals surface area contributed by atoms with Crippen molar-refractivity contribution in [2.45, 2.75) is 20.8 Å². The van der Waals surface area contributed by atoms with Crippen LogP contribution in [0.5, 0.6) is 5.75 Å². The Morgan fingerprint density at radius 1 is 1.30 bits per heavy atom. The van der Waals surface area contributed by atoms with Gasteiger partial charge in [0.05, 0.1) is 6.61 Å². The van der Waals surface area contributed by atoms with Gasteiger partial charge in [-0.2, -0.15) is 5.26 Å². The molecule has 0 aliphatic heterocycles. The molecule has 0 bridgehead atoms. The number of nitrogens with one attached hydrogen (secondary N) is 2. The second-order valence-electron chi connectivity index (χ2n) is 4.59. The first kappa shape index (κ1) is 18.0. The normalized spacial score (nSPS) is 10.4. The third-order valence-corrected chi connectivity index (χ3v) is 2.80. The summed E-state index contributed by atoms with van der Waals surface area (Å²) in [5, 5.41) is 8.80. The summed E-state index contributed by atoms with van der Waals surface area (Å²) in [6.45, 7) is 5.37. The number of para-hydroxylation sites is 1. The Kier molecular flexibility index (Phi) is 7.14. The van der Waals surface area contributed by atoms with Gasteiger partial charge in [-0.1, -0.05) is 18.2 Å². The minimum atomic E-state index is -0.761. The van der Waals surface area contributed by atoms with Crippen molar-refractivity contribution in [2.24, 2.45) is 0 Å². The van der Waals surface area contributed by atoms with E-state index >= 15 is 0 Å². The topological polar surface area (TPSA) is 100 Å². The fraction of sp³-hybridized carbons (Fsp3) is 0.312. The first-order chi connectivity index (χ1) is 11.0. The second kappa shape index (κ2) is 9.10. The molecular weight excluding hydrogens is 298 g/mol. The molecule has 1 aromatic rings. The molecule has 7 nitrogen and oxygen atoms in total. The monoisotopic (exact) mass is 317 g/mol. The van der Waals surface area contributed by atoms with Crippen molar-refractivity contribution >= 4 is 11.9 Å². The molecule has 122 valence electrons. The van der Waals surface area contributed by atoms with E-state index in [1.807, 2.05) is 32.0 Å². The summed E-state index contributed by atoms with van der Waals surface area (Å²) in [5.74, 6) is -0.559. The van der Waals surface area contributed by atoms with E-state index in [0.717, 1.165) is 17.3 Å². The predicted molar refractivity (Wildman–Crippen MR) is 83.0 cm³/mol. The maximum absolute atomic E-state index is 11.7. The molecule has 1 rings (SSSR count). The molecule has 23 heavy (non-hydrogen) atoms. The molecule has 0 saturated carbocycles. The molecule has 1 aromatic carbocycles. The van der Waals surface area contributed by atoms with E-state index in [4.69, 9.17) is 10.00 Å². The van der Waals surface area contributed by atoms with E-state index in [-0.39, 0.29) is 18.8 Å². The van der Waals surface area contributed by atoms with Crippen LogP contribution in [0.25, 0.3) is 0 Å². The van der Waals surface area contributed by atoms with E-state index < -0.39 is 11.9 Å². The number of esters is 1. The number of hydrogen-bond donors (Lipinski definition) is 2. The average molecular weight is 317 g/mol. The van der Waals surface area contributed by atoms with E-state index in [1.54, 1.807) is 13.0 Å². The van der Waals surface area contributed by atoms with Gasteiger partial charge in [0.15, 0.2) is 12.2 Å². The number of aryl methyl sites for hydroxylation is 2. The molecule has 0 fully saturated rings. The van der Waals surface area contributed by atoms with E-state index in [2.05, 4.69) is 15.6 Å². The molecule has 0 radical (unpaired) electrons. The average Bonchev–Trinajstić information content (AvgIpc) is 2.51. The van der Waals surface area contributed by atoms with Crippen LogP contribution in [0.15, 0.2) is 30.0 Å². The second-order valence-corrected chi connectivity index (χ2v) is 4.59. The van der Waals surface area contributed by atoms with Crippen molar-refractivity contribution < 1.29 is 19.1 Å². The fourth-order valence-corrected chi connectivity index (χ4v) is 1.74. The van der Waals surface area contributed by atoms with Gasteiger partial charge in [-0.15, -0.1) is 0 Å². The quantitative estimate of drug-likeness (QED) is 0.340. The molecule has 0 aliphatic rings. The first-order valence-corrected chi connectivity index (χ1v) is 7.00. The molecule has 2 N–H and O–H groups in total. The van der Waals surface area contributed by atoms with Crippen LogP contribution >= 0.6 is 0 Å². The molecule has 0 aromatic heterocycles. The van der Waals surface area contributed by atoms with Gasteiger partial charge in [0.1, 0.15) is 11.8 Å². The van der Waals surface area contributed by atoms with E-state index in [0.29, 0.717) is 5.75 Å². The Morgan fingerprint density at radius 2 is 1.96 bits per heavy atom. The van der Waals surface area contributed by atoms with Crippen molar-refractivity contribution in [3.05, 3.63) is 41.1 Å². The summed E-state index contributed by atoms with van der Waals surface area (Å²) in [6.07, 6.45) is 1.06. The van der Waals surface area contributed by atoms with Crippen molar-refractivity contribution in [1.29, 1.82) is 5.26 Å². The highest BCUT2D eigenvalue weighted by atomic mass is 16.5. The number of carbonyl (C=O) groups excluding carboxylic acids is 2. The zero-order valence-corrected chi connectivity index (χ0v) is 13.3. The zero-order valence-electron chi connectivity index (χ0n) is 13.3. The fourth-order valence-electron chi connectivity index (χ4n) is 1.74. The van der Waals surface area contributed by atoms with Crippen LogP contribution in [0.3, 0.4) is 0 Å². The van der Waals surface area contributed by atoms with Crippen LogP contribution in [0.4, 0.5) is 0 Å². The highest BCUT2D eigenvalue weighted by molar-refractivity contribution is 5.92. The van der Waals surface area contributed by atoms with Crippen LogP contribution < -0.4 is 15.6 Å². The minimum absolute atomic E-state index is 0.161. The summed E-state index contributed by atoms with van der Waals surface area (Å²) >= 11 is 0. The Morgan fingerprint density at radius 3 is 2.52 bits per heavy atom. The van der Waals surface area contributed by atoms with Crippen LogP contribution in [0.1, 0.15) is 18.1 Å². The number of nitriles is 1. The molecule has 0 heterocycles. The van der Waals surface area contributed by atoms with Gasteiger partial charge < -0.3 is 14.9 Å². The number of nitrogens with zero attached hydrogens (tertiary/aromatic N) is 1. The lowest BCUT2D eigenvalue weighted by Gasteiger charge is -2.11. The summed E-state index contributed by atoms with van der Waals surface area (Å²) in [5.41, 5.74) is 6.29. The highest BCUT2D eigenvalue weighted by Gasteiger charge is 2.10. The molecule has 0 unspecified atom stereocenters. The lowest BCUT2D eigenvalue weighted by molar-refractivity contribution is -0.138. The van der Waals surface area contributed by atoms with Crippen molar-refractivity contribution in [3.8, 4) is 11.8 Å². The largest absolute Gasteiger partial charge is 0.483 e. The van der Waals surface area contributed by atoms with Crippen LogP contribution in [0, 0.1) is 25.2 Å². The van der Waals surface area contributed by atoms with Gasteiger partial charge >= 0.3 is 5.97 Å². The van der Waals surface area contributed by atoms with E-state index in [9.17, 15) is 9.59 Å². The SMILES string of the molecule is CCOC(=O)/C(C#N)=C/NNC(=O)COc1c(C)cccc1C. The molecule has 7 heteroatoms. The third-order valence-electron chi connectivity index (χ3n) is 2.80. The molecule has 1 amide bonds. The van der Waals surface area contributed by atoms with Crippen LogP contribution in [0.2, 0.25) is 0 Å². The van der Waals surface area contributed by atoms with Gasteiger partial charge in [0, 0.05) is 6.20 Å². The molecule has 0 aliphatic carbocycles. The number of hydrogen-bond acceptors (Lipinski definition) is 6. The zero-order chi connectivity index (χ0) is 17.2. The lowest BCUT2D eigenvalue weighted by Crippen LogP contribution is -2.37. The number of ether oxygens (including phenoxy) is 2. The van der Waals surface area contributed by atoms with E-state index in [1.165, 1.54) is 0 Å². The maximum Gasteiger partial charge on any atom is 0.350 e. The van der Waals surface area contributed by atoms with Gasteiger partial charge in [-0.3, -0.25) is 10.2 Å². The van der Waals surface area contributed by atoms with Gasteiger partial charge in [-0.05, 0) is 31.9 Å². The Labute approximate surface area is 134 Å². The highest BCUT2D eigenvalue weighted by Crippen LogP contribution is 2.21. The standard InChI is InChI=1S/C16H19N3O4/c1-4-22-16(21)13(8-17)9-18-19-14(20)10-23-15-11(2)6-5-7-12(15)3/h5-7,9,18H,4,10H2,1-3H3,(H,19,20)/b13-9+. The van der Waals surface area contributed by atoms with Crippen LogP contribution in [-0.4, -0.2) is 25.1 Å². The van der Waals surface area contributed by atoms with Crippen molar-refractivity contribution in [3.63, 3.8) is 0 Å². The number of rotatable bonds is 7. The smallest absolute Gasteiger partial charge is 0.350 e.